The van der Waals surface area contributed by atoms with Gasteiger partial charge in [0, 0.05) is 5.57 Å². The lowest BCUT2D eigenvalue weighted by Gasteiger charge is -2.13. The summed E-state index contributed by atoms with van der Waals surface area (Å²) in [5.41, 5.74) is 0.0894. The molecule has 0 aliphatic carbocycles. The van der Waals surface area contributed by atoms with E-state index in [1.807, 2.05) is 0 Å². The molecular weight excluding hydrogens is 226 g/mol. The van der Waals surface area contributed by atoms with Crippen molar-refractivity contribution in [3.8, 4) is 0 Å². The van der Waals surface area contributed by atoms with Crippen LogP contribution in [0.4, 0.5) is 0 Å². The number of hydrogen-bond donors (Lipinski definition) is 4. The van der Waals surface area contributed by atoms with Crippen molar-refractivity contribution in [1.82, 2.24) is 5.32 Å². The molecule has 96 valence electrons. The SMILES string of the molecule is C=CCOC(=O)CC1NC(O)/C(=C(/C)O)C1O. The molecule has 6 nitrogen and oxygen atoms in total. The largest absolute Gasteiger partial charge is 0.512 e. The van der Waals surface area contributed by atoms with Crippen LogP contribution in [0.25, 0.3) is 0 Å². The highest BCUT2D eigenvalue weighted by Gasteiger charge is 2.39. The van der Waals surface area contributed by atoms with Gasteiger partial charge in [0.15, 0.2) is 0 Å². The minimum Gasteiger partial charge on any atom is -0.512 e. The maximum Gasteiger partial charge on any atom is 0.307 e. The van der Waals surface area contributed by atoms with Crippen LogP contribution >= 0.6 is 0 Å². The van der Waals surface area contributed by atoms with Gasteiger partial charge in [-0.15, -0.1) is 0 Å². The van der Waals surface area contributed by atoms with Crippen LogP contribution in [0.5, 0.6) is 0 Å². The molecule has 3 atom stereocenters. The Morgan fingerprint density at radius 1 is 1.59 bits per heavy atom. The van der Waals surface area contributed by atoms with Gasteiger partial charge < -0.3 is 20.1 Å². The molecule has 17 heavy (non-hydrogen) atoms. The van der Waals surface area contributed by atoms with Gasteiger partial charge in [-0.05, 0) is 6.92 Å². The molecule has 0 spiro atoms. The summed E-state index contributed by atoms with van der Waals surface area (Å²) in [4.78, 5) is 11.3. The topological polar surface area (TPSA) is 99.0 Å². The number of aliphatic hydroxyl groups is 3. The number of esters is 1. The quantitative estimate of drug-likeness (QED) is 0.304. The van der Waals surface area contributed by atoms with Gasteiger partial charge in [0.2, 0.25) is 0 Å². The van der Waals surface area contributed by atoms with Gasteiger partial charge in [-0.2, -0.15) is 0 Å². The fraction of sp³-hybridized carbons (Fsp3) is 0.545. The van der Waals surface area contributed by atoms with E-state index in [0.717, 1.165) is 0 Å². The number of carbonyl (C=O) groups excluding carboxylic acids is 1. The van der Waals surface area contributed by atoms with E-state index in [1.54, 1.807) is 0 Å². The van der Waals surface area contributed by atoms with Crippen LogP contribution in [0.15, 0.2) is 24.0 Å². The number of rotatable bonds is 4. The summed E-state index contributed by atoms with van der Waals surface area (Å²) in [5.74, 6) is -0.662. The van der Waals surface area contributed by atoms with Crippen molar-refractivity contribution >= 4 is 5.97 Å². The molecule has 0 aromatic rings. The summed E-state index contributed by atoms with van der Waals surface area (Å²) in [5, 5.41) is 31.2. The average Bonchev–Trinajstić information content (AvgIpc) is 2.51. The predicted molar refractivity (Wildman–Crippen MR) is 60.0 cm³/mol. The van der Waals surface area contributed by atoms with Gasteiger partial charge in [-0.1, -0.05) is 12.7 Å². The highest BCUT2D eigenvalue weighted by Crippen LogP contribution is 2.23. The Morgan fingerprint density at radius 2 is 2.24 bits per heavy atom. The van der Waals surface area contributed by atoms with Crippen LogP contribution in [0.1, 0.15) is 13.3 Å². The molecule has 1 aliphatic rings. The van der Waals surface area contributed by atoms with E-state index in [1.165, 1.54) is 13.0 Å². The van der Waals surface area contributed by atoms with Crippen molar-refractivity contribution in [2.75, 3.05) is 6.61 Å². The number of allylic oxidation sites excluding steroid dienone is 1. The second-order valence-electron chi connectivity index (χ2n) is 3.84. The third-order valence-corrected chi connectivity index (χ3v) is 2.53. The molecule has 1 heterocycles. The number of aliphatic hydroxyl groups excluding tert-OH is 3. The van der Waals surface area contributed by atoms with Crippen LogP contribution in [-0.2, 0) is 9.53 Å². The van der Waals surface area contributed by atoms with Crippen molar-refractivity contribution in [3.05, 3.63) is 24.0 Å². The van der Waals surface area contributed by atoms with Gasteiger partial charge in [-0.3, -0.25) is 10.1 Å². The van der Waals surface area contributed by atoms with E-state index >= 15 is 0 Å². The predicted octanol–water partition coefficient (Wildman–Crippen LogP) is -0.411. The minimum absolute atomic E-state index is 0.0894. The van der Waals surface area contributed by atoms with Gasteiger partial charge in [0.25, 0.3) is 0 Å². The van der Waals surface area contributed by atoms with E-state index in [2.05, 4.69) is 11.9 Å². The average molecular weight is 243 g/mol. The van der Waals surface area contributed by atoms with Crippen molar-refractivity contribution < 1.29 is 24.9 Å². The van der Waals surface area contributed by atoms with Gasteiger partial charge >= 0.3 is 5.97 Å². The molecule has 0 radical (unpaired) electrons. The Labute approximate surface area is 99.2 Å². The van der Waals surface area contributed by atoms with Crippen LogP contribution in [0, 0.1) is 0 Å². The first-order valence-electron chi connectivity index (χ1n) is 5.25. The van der Waals surface area contributed by atoms with Crippen molar-refractivity contribution in [2.45, 2.75) is 31.7 Å². The van der Waals surface area contributed by atoms with Crippen molar-refractivity contribution in [3.63, 3.8) is 0 Å². The zero-order valence-electron chi connectivity index (χ0n) is 9.59. The third kappa shape index (κ3) is 3.29. The molecule has 0 aromatic heterocycles. The monoisotopic (exact) mass is 243 g/mol. The molecule has 0 saturated carbocycles. The highest BCUT2D eigenvalue weighted by molar-refractivity contribution is 5.70. The summed E-state index contributed by atoms with van der Waals surface area (Å²) in [7, 11) is 0. The third-order valence-electron chi connectivity index (χ3n) is 2.53. The maximum absolute atomic E-state index is 11.3. The lowest BCUT2D eigenvalue weighted by Crippen LogP contribution is -2.35. The van der Waals surface area contributed by atoms with Crippen LogP contribution in [0.2, 0.25) is 0 Å². The summed E-state index contributed by atoms with van der Waals surface area (Å²) in [6, 6.07) is -0.667. The lowest BCUT2D eigenvalue weighted by molar-refractivity contribution is -0.143. The fourth-order valence-electron chi connectivity index (χ4n) is 1.73. The van der Waals surface area contributed by atoms with Crippen LogP contribution < -0.4 is 5.32 Å². The minimum atomic E-state index is -1.15. The molecule has 6 heteroatoms. The Kier molecular flexibility index (Phi) is 4.68. The molecule has 0 amide bonds. The summed E-state index contributed by atoms with van der Waals surface area (Å²) in [6.45, 7) is 4.87. The standard InChI is InChI=1S/C11H17NO5/c1-3-4-17-8(14)5-7-10(15)9(6(2)13)11(16)12-7/h3,7,10-13,15-16H,1,4-5H2,2H3/b9-6-. The first-order valence-corrected chi connectivity index (χ1v) is 5.25. The Hall–Kier alpha value is -1.37. The van der Waals surface area contributed by atoms with E-state index in [-0.39, 0.29) is 24.4 Å². The second-order valence-corrected chi connectivity index (χ2v) is 3.84. The lowest BCUT2D eigenvalue weighted by atomic mass is 10.0. The number of carbonyl (C=O) groups is 1. The molecule has 1 saturated heterocycles. The molecular formula is C11H17NO5. The van der Waals surface area contributed by atoms with E-state index in [9.17, 15) is 20.1 Å². The van der Waals surface area contributed by atoms with Crippen molar-refractivity contribution in [1.29, 1.82) is 0 Å². The normalized spacial score (nSPS) is 31.1. The van der Waals surface area contributed by atoms with E-state index in [4.69, 9.17) is 4.74 Å². The Balaban J connectivity index is 2.61. The molecule has 1 fully saturated rings. The highest BCUT2D eigenvalue weighted by atomic mass is 16.5. The molecule has 0 aromatic carbocycles. The molecule has 0 bridgehead atoms. The first kappa shape index (κ1) is 13.7. The van der Waals surface area contributed by atoms with Crippen LogP contribution in [0.3, 0.4) is 0 Å². The summed E-state index contributed by atoms with van der Waals surface area (Å²) < 4.78 is 4.76. The Bertz CT molecular complexity index is 335. The van der Waals surface area contributed by atoms with Crippen molar-refractivity contribution in [2.24, 2.45) is 0 Å². The number of ether oxygens (including phenoxy) is 1. The maximum atomic E-state index is 11.3. The Morgan fingerprint density at radius 3 is 2.71 bits per heavy atom. The van der Waals surface area contributed by atoms with E-state index < -0.39 is 24.3 Å². The zero-order valence-corrected chi connectivity index (χ0v) is 9.59. The molecule has 3 unspecified atom stereocenters. The van der Waals surface area contributed by atoms with Gasteiger partial charge in [0.1, 0.15) is 12.8 Å². The molecule has 4 N–H and O–H groups in total. The first-order chi connectivity index (χ1) is 7.97. The molecule has 1 rings (SSSR count). The molecule has 1 aliphatic heterocycles. The zero-order chi connectivity index (χ0) is 13.0. The van der Waals surface area contributed by atoms with Crippen LogP contribution in [-0.4, -0.2) is 46.3 Å². The summed E-state index contributed by atoms with van der Waals surface area (Å²) in [6.07, 6.45) is -0.907. The number of hydrogen-bond acceptors (Lipinski definition) is 6. The van der Waals surface area contributed by atoms with Gasteiger partial charge in [-0.25, -0.2) is 0 Å². The van der Waals surface area contributed by atoms with E-state index in [0.29, 0.717) is 0 Å². The summed E-state index contributed by atoms with van der Waals surface area (Å²) >= 11 is 0. The fourth-order valence-corrected chi connectivity index (χ4v) is 1.73. The number of nitrogens with one attached hydrogen (secondary N) is 1. The second kappa shape index (κ2) is 5.81. The smallest absolute Gasteiger partial charge is 0.307 e. The van der Waals surface area contributed by atoms with Gasteiger partial charge in [0.05, 0.1) is 24.3 Å².